The Morgan fingerprint density at radius 3 is 1.85 bits per heavy atom. The molecule has 0 aliphatic heterocycles. The van der Waals surface area contributed by atoms with Crippen molar-refractivity contribution in [3.05, 3.63) is 223 Å². The largest absolute Gasteiger partial charge is 0.501 e. The zero-order valence-electron chi connectivity index (χ0n) is 37.7. The molecular formula is C61H46IrN4O-2. The van der Waals surface area contributed by atoms with Gasteiger partial charge < -0.3 is 14.0 Å². The molecule has 0 amide bonds. The number of aromatic nitrogens is 3. The fourth-order valence-electron chi connectivity index (χ4n) is 8.87. The number of furan rings is 1. The van der Waals surface area contributed by atoms with Crippen LogP contribution in [0.15, 0.2) is 199 Å². The topological polar surface area (TPSA) is 67.6 Å². The number of nitrogens with zero attached hydrogens (tertiary/aromatic N) is 4. The van der Waals surface area contributed by atoms with E-state index in [1.807, 2.05) is 103 Å². The summed E-state index contributed by atoms with van der Waals surface area (Å²) in [7, 11) is 0. The van der Waals surface area contributed by atoms with Crippen LogP contribution in [0.4, 0.5) is 0 Å². The van der Waals surface area contributed by atoms with E-state index in [9.17, 15) is 5.26 Å². The molecular weight excluding hydrogens is 997 g/mol. The molecule has 0 N–H and O–H groups in total. The Morgan fingerprint density at radius 1 is 0.582 bits per heavy atom. The fourth-order valence-corrected chi connectivity index (χ4v) is 8.87. The molecule has 11 aromatic rings. The van der Waals surface area contributed by atoms with E-state index in [-0.39, 0.29) is 31.9 Å². The Balaban J connectivity index is 0.000000375. The van der Waals surface area contributed by atoms with Crippen molar-refractivity contribution in [2.75, 3.05) is 0 Å². The molecule has 0 unspecified atom stereocenters. The Kier molecular flexibility index (Phi) is 12.9. The van der Waals surface area contributed by atoms with E-state index in [1.54, 1.807) is 6.20 Å². The Morgan fingerprint density at radius 2 is 1.21 bits per heavy atom. The first kappa shape index (κ1) is 44.5. The summed E-state index contributed by atoms with van der Waals surface area (Å²) in [5.41, 5.74) is 17.0. The fraction of sp³-hybridized carbons (Fsp3) is 0.0984. The SMILES string of the molecule is CC(C)c1cc(-c2ccc(-c3ccccc3)cc2)cc(C(C)C)c1-n1c(-c2[c-]ccc3c2oc2cc(-c4ccccc4)c(C#N)cc23)nc2ccccc21.[Ir].[c-]1ccccc1-c1ccccn1. The normalized spacial score (nSPS) is 11.1. The first-order chi connectivity index (χ1) is 32.4. The van der Waals surface area contributed by atoms with E-state index in [0.717, 1.165) is 66.8 Å². The summed E-state index contributed by atoms with van der Waals surface area (Å²) in [4.78, 5) is 9.54. The smallest absolute Gasteiger partial charge is 0.121 e. The molecule has 8 aromatic carbocycles. The zero-order chi connectivity index (χ0) is 45.1. The van der Waals surface area contributed by atoms with Crippen molar-refractivity contribution < 1.29 is 24.5 Å². The number of imidazole rings is 1. The van der Waals surface area contributed by atoms with Gasteiger partial charge in [-0.2, -0.15) is 5.26 Å². The minimum absolute atomic E-state index is 0. The monoisotopic (exact) mass is 1040 g/mol. The van der Waals surface area contributed by atoms with Crippen molar-refractivity contribution in [2.45, 2.75) is 39.5 Å². The van der Waals surface area contributed by atoms with Crippen molar-refractivity contribution in [3.63, 3.8) is 0 Å². The molecule has 1 radical (unpaired) electrons. The van der Waals surface area contributed by atoms with Gasteiger partial charge in [0, 0.05) is 42.9 Å². The number of fused-ring (bicyclic) bond motifs is 4. The Hall–Kier alpha value is -7.68. The molecule has 5 nitrogen and oxygen atoms in total. The van der Waals surface area contributed by atoms with Gasteiger partial charge in [-0.05, 0) is 98.9 Å². The molecule has 0 atom stereocenters. The molecule has 3 aromatic heterocycles. The third-order valence-corrected chi connectivity index (χ3v) is 12.2. The molecule has 0 aliphatic rings. The number of hydrogen-bond donors (Lipinski definition) is 0. The number of nitriles is 1. The summed E-state index contributed by atoms with van der Waals surface area (Å²) in [5.74, 6) is 1.22. The van der Waals surface area contributed by atoms with E-state index in [0.29, 0.717) is 11.1 Å². The van der Waals surface area contributed by atoms with Gasteiger partial charge in [0.1, 0.15) is 5.58 Å². The minimum atomic E-state index is 0. The zero-order valence-corrected chi connectivity index (χ0v) is 40.1. The maximum absolute atomic E-state index is 10.2. The van der Waals surface area contributed by atoms with Crippen LogP contribution >= 0.6 is 0 Å². The summed E-state index contributed by atoms with van der Waals surface area (Å²) in [5, 5.41) is 12.0. The molecule has 6 heteroatoms. The van der Waals surface area contributed by atoms with Crippen LogP contribution < -0.4 is 0 Å². The second kappa shape index (κ2) is 19.4. The minimum Gasteiger partial charge on any atom is -0.501 e. The Labute approximate surface area is 405 Å². The first-order valence-electron chi connectivity index (χ1n) is 22.4. The molecule has 11 rings (SSSR count). The van der Waals surface area contributed by atoms with E-state index in [2.05, 4.69) is 140 Å². The number of hydrogen-bond acceptors (Lipinski definition) is 4. The summed E-state index contributed by atoms with van der Waals surface area (Å²) in [6.07, 6.45) is 1.79. The van der Waals surface area contributed by atoms with Gasteiger partial charge in [-0.3, -0.25) is 4.98 Å². The summed E-state index contributed by atoms with van der Waals surface area (Å²) >= 11 is 0. The standard InChI is InChI=1S/C50H38N3O.C11H8N.Ir/c1-31(2)41-26-37(35-24-22-34(23-25-35)33-14-7-5-8-15-33)27-42(32(3)4)48(41)53-46-21-12-11-20-45(46)52-50(53)40-19-13-18-39-44-28-38(30-51)43(29-47(44)54-49(39)40)36-16-9-6-10-17-36;1-2-6-10(7-3-1)11-8-4-5-9-12-11;/h5-18,20-29,31-32H,1-4H3;1-6,8-9H;/q2*-1;. The molecule has 0 aliphatic carbocycles. The van der Waals surface area contributed by atoms with E-state index >= 15 is 0 Å². The summed E-state index contributed by atoms with van der Waals surface area (Å²) in [6.45, 7) is 9.08. The van der Waals surface area contributed by atoms with Crippen LogP contribution in [-0.2, 0) is 20.1 Å². The van der Waals surface area contributed by atoms with Crippen LogP contribution in [0.3, 0.4) is 0 Å². The van der Waals surface area contributed by atoms with Gasteiger partial charge in [0.2, 0.25) is 0 Å². The average Bonchev–Trinajstić information content (AvgIpc) is 3.95. The van der Waals surface area contributed by atoms with Crippen LogP contribution in [0.2, 0.25) is 0 Å². The average molecular weight is 1040 g/mol. The Bertz CT molecular complexity index is 3450. The van der Waals surface area contributed by atoms with Gasteiger partial charge in [0.15, 0.2) is 0 Å². The maximum Gasteiger partial charge on any atom is 0.121 e. The molecule has 0 bridgehead atoms. The first-order valence-corrected chi connectivity index (χ1v) is 22.4. The van der Waals surface area contributed by atoms with E-state index < -0.39 is 0 Å². The van der Waals surface area contributed by atoms with Crippen molar-refractivity contribution in [3.8, 4) is 67.8 Å². The quantitative estimate of drug-likeness (QED) is 0.142. The third kappa shape index (κ3) is 8.76. The predicted molar refractivity (Wildman–Crippen MR) is 270 cm³/mol. The molecule has 327 valence electrons. The van der Waals surface area contributed by atoms with Gasteiger partial charge in [-0.15, -0.1) is 54.1 Å². The van der Waals surface area contributed by atoms with Crippen molar-refractivity contribution >= 4 is 33.0 Å². The summed E-state index contributed by atoms with van der Waals surface area (Å²) in [6, 6.07) is 73.2. The van der Waals surface area contributed by atoms with Crippen molar-refractivity contribution in [2.24, 2.45) is 0 Å². The number of rotatable bonds is 8. The van der Waals surface area contributed by atoms with E-state index in [4.69, 9.17) is 9.40 Å². The predicted octanol–water partition coefficient (Wildman–Crippen LogP) is 16.1. The molecule has 67 heavy (non-hydrogen) atoms. The van der Waals surface area contributed by atoms with Crippen LogP contribution in [-0.4, -0.2) is 14.5 Å². The summed E-state index contributed by atoms with van der Waals surface area (Å²) < 4.78 is 9.10. The van der Waals surface area contributed by atoms with Gasteiger partial charge in [-0.25, -0.2) is 0 Å². The number of para-hydroxylation sites is 2. The molecule has 0 saturated carbocycles. The van der Waals surface area contributed by atoms with Crippen molar-refractivity contribution in [1.29, 1.82) is 5.26 Å². The van der Waals surface area contributed by atoms with E-state index in [1.165, 1.54) is 33.4 Å². The van der Waals surface area contributed by atoms with Crippen LogP contribution in [0.25, 0.3) is 94.7 Å². The number of pyridine rings is 1. The van der Waals surface area contributed by atoms with Crippen LogP contribution in [0, 0.1) is 23.5 Å². The van der Waals surface area contributed by atoms with Crippen LogP contribution in [0.1, 0.15) is 56.2 Å². The van der Waals surface area contributed by atoms with Gasteiger partial charge in [-0.1, -0.05) is 148 Å². The molecule has 3 heterocycles. The number of benzene rings is 8. The second-order valence-electron chi connectivity index (χ2n) is 17.1. The molecule has 0 fully saturated rings. The van der Waals surface area contributed by atoms with Gasteiger partial charge >= 0.3 is 0 Å². The van der Waals surface area contributed by atoms with Gasteiger partial charge in [0.05, 0.1) is 34.1 Å². The third-order valence-electron chi connectivity index (χ3n) is 12.2. The van der Waals surface area contributed by atoms with Crippen molar-refractivity contribution in [1.82, 2.24) is 14.5 Å². The molecule has 0 saturated heterocycles. The van der Waals surface area contributed by atoms with Crippen LogP contribution in [0.5, 0.6) is 0 Å². The maximum atomic E-state index is 10.2. The van der Waals surface area contributed by atoms with Gasteiger partial charge in [0.25, 0.3) is 0 Å². The second-order valence-corrected chi connectivity index (χ2v) is 17.1. The molecule has 0 spiro atoms.